The molecule has 104 valence electrons. The molecule has 0 bridgehead atoms. The Kier molecular flexibility index (Phi) is 2.92. The first-order valence-electron chi connectivity index (χ1n) is 6.12. The smallest absolute Gasteiger partial charge is 0.277 e. The number of carbonyl (C=O) groups is 1. The van der Waals surface area contributed by atoms with Crippen LogP contribution in [0.4, 0.5) is 5.82 Å². The van der Waals surface area contributed by atoms with E-state index in [0.717, 1.165) is 0 Å². The number of amides is 1. The number of imidazole rings is 1. The average molecular weight is 268 g/mol. The van der Waals surface area contributed by atoms with Gasteiger partial charge in [-0.2, -0.15) is 0 Å². The molecule has 0 aromatic carbocycles. The van der Waals surface area contributed by atoms with Crippen molar-refractivity contribution >= 4 is 11.7 Å². The lowest BCUT2D eigenvalue weighted by molar-refractivity contribution is -0.0496. The molecule has 2 aliphatic heterocycles. The van der Waals surface area contributed by atoms with Crippen LogP contribution in [0.15, 0.2) is 6.33 Å². The number of aliphatic hydroxyl groups excluding tert-OH is 2. The molecule has 2 aliphatic rings. The van der Waals surface area contributed by atoms with E-state index in [1.807, 2.05) is 0 Å². The number of hydrogen-bond acceptors (Lipinski definition) is 6. The first-order valence-corrected chi connectivity index (χ1v) is 6.12. The summed E-state index contributed by atoms with van der Waals surface area (Å²) in [5.41, 5.74) is 0.317. The van der Waals surface area contributed by atoms with Crippen LogP contribution >= 0.6 is 0 Å². The van der Waals surface area contributed by atoms with Crippen molar-refractivity contribution in [2.75, 3.05) is 25.6 Å². The highest BCUT2D eigenvalue weighted by Gasteiger charge is 2.38. The van der Waals surface area contributed by atoms with E-state index in [1.165, 1.54) is 11.2 Å². The van der Waals surface area contributed by atoms with E-state index in [9.17, 15) is 9.90 Å². The fourth-order valence-corrected chi connectivity index (χ4v) is 2.43. The van der Waals surface area contributed by atoms with Gasteiger partial charge in [-0.15, -0.1) is 0 Å². The van der Waals surface area contributed by atoms with Gasteiger partial charge in [0, 0.05) is 13.5 Å². The summed E-state index contributed by atoms with van der Waals surface area (Å²) in [5, 5.41) is 22.1. The molecule has 3 heterocycles. The molecule has 19 heavy (non-hydrogen) atoms. The molecule has 8 nitrogen and oxygen atoms in total. The van der Waals surface area contributed by atoms with Crippen LogP contribution in [0.1, 0.15) is 23.1 Å². The monoisotopic (exact) mass is 268 g/mol. The number of aromatic nitrogens is 2. The van der Waals surface area contributed by atoms with Crippen molar-refractivity contribution in [3.63, 3.8) is 0 Å². The number of fused-ring (bicyclic) bond motifs is 1. The van der Waals surface area contributed by atoms with Crippen molar-refractivity contribution in [3.8, 4) is 0 Å². The number of aliphatic hydroxyl groups is 2. The molecule has 8 heteroatoms. The van der Waals surface area contributed by atoms with E-state index >= 15 is 0 Å². The molecule has 3 N–H and O–H groups in total. The van der Waals surface area contributed by atoms with Crippen LogP contribution in [-0.2, 0) is 4.74 Å². The Bertz CT molecular complexity index is 503. The Morgan fingerprint density at radius 1 is 1.63 bits per heavy atom. The van der Waals surface area contributed by atoms with Gasteiger partial charge < -0.3 is 25.2 Å². The van der Waals surface area contributed by atoms with E-state index < -0.39 is 12.3 Å². The number of nitrogens with zero attached hydrogens (tertiary/aromatic N) is 3. The third kappa shape index (κ3) is 1.88. The summed E-state index contributed by atoms with van der Waals surface area (Å²) in [5.74, 6) is 0.379. The maximum atomic E-state index is 11.9. The summed E-state index contributed by atoms with van der Waals surface area (Å²) < 4.78 is 7.17. The van der Waals surface area contributed by atoms with Crippen LogP contribution in [0.25, 0.3) is 0 Å². The Balaban J connectivity index is 1.91. The molecule has 3 rings (SSSR count). The minimum Gasteiger partial charge on any atom is -0.394 e. The first kappa shape index (κ1) is 12.4. The molecular weight excluding hydrogens is 252 g/mol. The maximum Gasteiger partial charge on any atom is 0.277 e. The predicted molar refractivity (Wildman–Crippen MR) is 64.4 cm³/mol. The Morgan fingerprint density at radius 3 is 3.11 bits per heavy atom. The van der Waals surface area contributed by atoms with Crippen molar-refractivity contribution in [3.05, 3.63) is 12.0 Å². The highest BCUT2D eigenvalue weighted by atomic mass is 16.5. The number of ether oxygens (including phenoxy) is 1. The normalized spacial score (nSPS) is 30.4. The molecule has 1 saturated heterocycles. The highest BCUT2D eigenvalue weighted by Crippen LogP contribution is 2.33. The summed E-state index contributed by atoms with van der Waals surface area (Å²) in [6, 6.07) is 0. The molecule has 1 fully saturated rings. The lowest BCUT2D eigenvalue weighted by Gasteiger charge is -2.26. The zero-order chi connectivity index (χ0) is 13.6. The van der Waals surface area contributed by atoms with E-state index in [4.69, 9.17) is 9.84 Å². The van der Waals surface area contributed by atoms with Crippen LogP contribution in [0, 0.1) is 0 Å². The first-order chi connectivity index (χ1) is 9.11. The molecule has 0 spiro atoms. The predicted octanol–water partition coefficient (Wildman–Crippen LogP) is -1.02. The van der Waals surface area contributed by atoms with Gasteiger partial charge >= 0.3 is 0 Å². The third-order valence-corrected chi connectivity index (χ3v) is 3.47. The average Bonchev–Trinajstić information content (AvgIpc) is 2.97. The lowest BCUT2D eigenvalue weighted by Crippen LogP contribution is -2.38. The van der Waals surface area contributed by atoms with Gasteiger partial charge in [-0.1, -0.05) is 0 Å². The number of hydrogen-bond donors (Lipinski definition) is 3. The number of carbonyl (C=O) groups excluding carboxylic acids is 1. The Morgan fingerprint density at radius 2 is 2.42 bits per heavy atom. The van der Waals surface area contributed by atoms with Gasteiger partial charge in [0.25, 0.3) is 5.91 Å². The van der Waals surface area contributed by atoms with E-state index in [-0.39, 0.29) is 18.6 Å². The van der Waals surface area contributed by atoms with Gasteiger partial charge in [0.2, 0.25) is 0 Å². The van der Waals surface area contributed by atoms with Crippen molar-refractivity contribution in [2.45, 2.75) is 24.9 Å². The van der Waals surface area contributed by atoms with Gasteiger partial charge in [0.15, 0.2) is 11.9 Å². The third-order valence-electron chi connectivity index (χ3n) is 3.47. The zero-order valence-corrected chi connectivity index (χ0v) is 10.5. The minimum absolute atomic E-state index is 0.139. The van der Waals surface area contributed by atoms with Crippen LogP contribution in [-0.4, -0.2) is 63.1 Å². The van der Waals surface area contributed by atoms with E-state index in [1.54, 1.807) is 11.6 Å². The largest absolute Gasteiger partial charge is 0.394 e. The zero-order valence-electron chi connectivity index (χ0n) is 10.5. The molecular formula is C11H16N4O4. The molecule has 1 aromatic heterocycles. The van der Waals surface area contributed by atoms with Crippen LogP contribution in [0.3, 0.4) is 0 Å². The fourth-order valence-electron chi connectivity index (χ4n) is 2.43. The fraction of sp³-hybridized carbons (Fsp3) is 0.636. The van der Waals surface area contributed by atoms with Crippen molar-refractivity contribution in [1.82, 2.24) is 14.5 Å². The van der Waals surface area contributed by atoms with Gasteiger partial charge in [-0.3, -0.25) is 9.36 Å². The SMILES string of the molecule is CN1CNc2c(ncn2[C@@H]2O[C@H](CO)C[C@H]2O)C1=O. The summed E-state index contributed by atoms with van der Waals surface area (Å²) in [4.78, 5) is 17.5. The van der Waals surface area contributed by atoms with Gasteiger partial charge in [-0.05, 0) is 0 Å². The molecule has 0 unspecified atom stereocenters. The summed E-state index contributed by atoms with van der Waals surface area (Å²) >= 11 is 0. The summed E-state index contributed by atoms with van der Waals surface area (Å²) in [6.45, 7) is 0.239. The second-order valence-electron chi connectivity index (χ2n) is 4.82. The number of rotatable bonds is 2. The molecule has 1 amide bonds. The molecule has 3 atom stereocenters. The van der Waals surface area contributed by atoms with Crippen molar-refractivity contribution < 1.29 is 19.7 Å². The van der Waals surface area contributed by atoms with E-state index in [0.29, 0.717) is 24.6 Å². The second-order valence-corrected chi connectivity index (χ2v) is 4.82. The second kappa shape index (κ2) is 4.48. The molecule has 1 aromatic rings. The lowest BCUT2D eigenvalue weighted by atomic mass is 10.2. The van der Waals surface area contributed by atoms with Crippen LogP contribution in [0.2, 0.25) is 0 Å². The minimum atomic E-state index is -0.730. The number of nitrogens with one attached hydrogen (secondary N) is 1. The Hall–Kier alpha value is -1.64. The topological polar surface area (TPSA) is 99.9 Å². The Labute approximate surface area is 109 Å². The molecule has 0 saturated carbocycles. The van der Waals surface area contributed by atoms with Gasteiger partial charge in [0.1, 0.15) is 11.9 Å². The highest BCUT2D eigenvalue weighted by molar-refractivity contribution is 5.98. The maximum absolute atomic E-state index is 11.9. The van der Waals surface area contributed by atoms with Gasteiger partial charge in [-0.25, -0.2) is 4.98 Å². The summed E-state index contributed by atoms with van der Waals surface area (Å²) in [6.07, 6.45) is 0.0915. The molecule has 0 radical (unpaired) electrons. The van der Waals surface area contributed by atoms with Crippen molar-refractivity contribution in [2.24, 2.45) is 0 Å². The molecule has 0 aliphatic carbocycles. The standard InChI is InChI=1S/C11H16N4O4/c1-14-4-13-9-8(10(14)18)12-5-15(9)11-7(17)2-6(3-16)19-11/h5-7,11,13,16-17H,2-4H2,1H3/t6-,7+,11+/m0/s1. The van der Waals surface area contributed by atoms with E-state index in [2.05, 4.69) is 10.3 Å². The van der Waals surface area contributed by atoms with Crippen molar-refractivity contribution in [1.29, 1.82) is 0 Å². The van der Waals surface area contributed by atoms with Crippen LogP contribution < -0.4 is 5.32 Å². The van der Waals surface area contributed by atoms with Gasteiger partial charge in [0.05, 0.1) is 25.7 Å². The quantitative estimate of drug-likeness (QED) is 0.635. The summed E-state index contributed by atoms with van der Waals surface area (Å²) in [7, 11) is 1.68. The van der Waals surface area contributed by atoms with Crippen LogP contribution in [0.5, 0.6) is 0 Å². The number of anilines is 1.